The molecule has 1 aliphatic rings. The fraction of sp³-hybridized carbons (Fsp3) is 0.467. The molecule has 0 aliphatic carbocycles. The van der Waals surface area contributed by atoms with E-state index in [0.29, 0.717) is 11.3 Å². The zero-order valence-corrected chi connectivity index (χ0v) is 11.6. The molecule has 1 aromatic carbocycles. The minimum Gasteiger partial charge on any atom is -0.484 e. The predicted molar refractivity (Wildman–Crippen MR) is 76.0 cm³/mol. The van der Waals surface area contributed by atoms with E-state index in [2.05, 4.69) is 10.6 Å². The van der Waals surface area contributed by atoms with Gasteiger partial charge < -0.3 is 15.4 Å². The van der Waals surface area contributed by atoms with Crippen LogP contribution in [-0.4, -0.2) is 37.4 Å². The first-order valence-electron chi connectivity index (χ1n) is 6.89. The Morgan fingerprint density at radius 1 is 1.45 bits per heavy atom. The molecule has 1 aliphatic heterocycles. The third-order valence-corrected chi connectivity index (χ3v) is 3.27. The van der Waals surface area contributed by atoms with Gasteiger partial charge in [-0.15, -0.1) is 0 Å². The lowest BCUT2D eigenvalue weighted by atomic mass is 10.1. The molecule has 0 aromatic heterocycles. The van der Waals surface area contributed by atoms with Gasteiger partial charge in [-0.2, -0.15) is 0 Å². The van der Waals surface area contributed by atoms with Gasteiger partial charge in [0, 0.05) is 18.2 Å². The topological polar surface area (TPSA) is 67.4 Å². The molecule has 1 saturated heterocycles. The van der Waals surface area contributed by atoms with E-state index in [0.717, 1.165) is 25.9 Å². The molecule has 1 fully saturated rings. The normalized spacial score (nSPS) is 18.4. The summed E-state index contributed by atoms with van der Waals surface area (Å²) in [5.74, 6) is 0.384. The fourth-order valence-electron chi connectivity index (χ4n) is 2.20. The summed E-state index contributed by atoms with van der Waals surface area (Å²) in [5, 5.41) is 6.17. The number of carbonyl (C=O) groups is 2. The highest BCUT2D eigenvalue weighted by Gasteiger charge is 2.15. The van der Waals surface area contributed by atoms with Gasteiger partial charge in [0.15, 0.2) is 12.4 Å². The van der Waals surface area contributed by atoms with Crippen LogP contribution >= 0.6 is 0 Å². The highest BCUT2D eigenvalue weighted by atomic mass is 16.5. The number of carbonyl (C=O) groups excluding carboxylic acids is 2. The van der Waals surface area contributed by atoms with Crippen molar-refractivity contribution in [3.05, 3.63) is 29.8 Å². The third-order valence-electron chi connectivity index (χ3n) is 3.27. The number of hydrogen-bond acceptors (Lipinski definition) is 4. The number of amides is 1. The fourth-order valence-corrected chi connectivity index (χ4v) is 2.20. The molecule has 0 bridgehead atoms. The standard InChI is InChI=1S/C15H20N2O3/c1-11(18)12-4-2-6-14(8-12)20-10-15(19)17-13-5-3-7-16-9-13/h2,4,6,8,13,16H,3,5,7,9-10H2,1H3,(H,17,19). The van der Waals surface area contributed by atoms with E-state index in [1.165, 1.54) is 6.92 Å². The van der Waals surface area contributed by atoms with Crippen molar-refractivity contribution in [3.63, 3.8) is 0 Å². The molecular formula is C15H20N2O3. The first-order chi connectivity index (χ1) is 9.65. The Hall–Kier alpha value is -1.88. The number of rotatable bonds is 5. The molecule has 1 amide bonds. The molecule has 1 atom stereocenters. The molecule has 1 aromatic rings. The Bertz CT molecular complexity index is 482. The molecule has 1 unspecified atom stereocenters. The zero-order valence-electron chi connectivity index (χ0n) is 11.6. The number of nitrogens with one attached hydrogen (secondary N) is 2. The minimum absolute atomic E-state index is 0.0202. The molecule has 0 saturated carbocycles. The van der Waals surface area contributed by atoms with Crippen molar-refractivity contribution in [2.24, 2.45) is 0 Å². The van der Waals surface area contributed by atoms with E-state index in [4.69, 9.17) is 4.74 Å². The molecule has 2 rings (SSSR count). The summed E-state index contributed by atoms with van der Waals surface area (Å²) in [6.45, 7) is 3.30. The second kappa shape index (κ2) is 7.05. The Balaban J connectivity index is 1.80. The van der Waals surface area contributed by atoms with Crippen molar-refractivity contribution in [2.45, 2.75) is 25.8 Å². The molecule has 5 nitrogen and oxygen atoms in total. The first kappa shape index (κ1) is 14.5. The first-order valence-corrected chi connectivity index (χ1v) is 6.89. The van der Waals surface area contributed by atoms with Gasteiger partial charge in [0.05, 0.1) is 0 Å². The smallest absolute Gasteiger partial charge is 0.258 e. The van der Waals surface area contributed by atoms with Crippen molar-refractivity contribution in [2.75, 3.05) is 19.7 Å². The second-order valence-corrected chi connectivity index (χ2v) is 4.98. The van der Waals surface area contributed by atoms with E-state index in [-0.39, 0.29) is 24.3 Å². The monoisotopic (exact) mass is 276 g/mol. The van der Waals surface area contributed by atoms with E-state index in [1.807, 2.05) is 0 Å². The van der Waals surface area contributed by atoms with Crippen molar-refractivity contribution in [1.82, 2.24) is 10.6 Å². The van der Waals surface area contributed by atoms with Crippen LogP contribution in [0.5, 0.6) is 5.75 Å². The summed E-state index contributed by atoms with van der Waals surface area (Å²) < 4.78 is 5.42. The molecule has 0 spiro atoms. The van der Waals surface area contributed by atoms with Crippen LogP contribution in [0.4, 0.5) is 0 Å². The average molecular weight is 276 g/mol. The van der Waals surface area contributed by atoms with Crippen LogP contribution in [0, 0.1) is 0 Å². The number of Topliss-reactive ketones (excluding diaryl/α,β-unsaturated/α-hetero) is 1. The van der Waals surface area contributed by atoms with Crippen molar-refractivity contribution in [3.8, 4) is 5.75 Å². The molecule has 2 N–H and O–H groups in total. The average Bonchev–Trinajstić information content (AvgIpc) is 2.46. The maximum atomic E-state index is 11.8. The van der Waals surface area contributed by atoms with Crippen LogP contribution in [0.3, 0.4) is 0 Å². The highest BCUT2D eigenvalue weighted by Crippen LogP contribution is 2.13. The Morgan fingerprint density at radius 2 is 2.30 bits per heavy atom. The van der Waals surface area contributed by atoms with Crippen molar-refractivity contribution >= 4 is 11.7 Å². The van der Waals surface area contributed by atoms with Crippen LogP contribution in [-0.2, 0) is 4.79 Å². The van der Waals surface area contributed by atoms with Gasteiger partial charge in [-0.3, -0.25) is 9.59 Å². The number of hydrogen-bond donors (Lipinski definition) is 2. The molecule has 5 heteroatoms. The number of ether oxygens (including phenoxy) is 1. The highest BCUT2D eigenvalue weighted by molar-refractivity contribution is 5.94. The van der Waals surface area contributed by atoms with E-state index in [9.17, 15) is 9.59 Å². The number of piperidine rings is 1. The lowest BCUT2D eigenvalue weighted by Crippen LogP contribution is -2.46. The summed E-state index contributed by atoms with van der Waals surface area (Å²) in [4.78, 5) is 23.0. The van der Waals surface area contributed by atoms with Crippen LogP contribution in [0.15, 0.2) is 24.3 Å². The minimum atomic E-state index is -0.132. The van der Waals surface area contributed by atoms with Crippen molar-refractivity contribution in [1.29, 1.82) is 0 Å². The molecular weight excluding hydrogens is 256 g/mol. The van der Waals surface area contributed by atoms with E-state index >= 15 is 0 Å². The van der Waals surface area contributed by atoms with E-state index < -0.39 is 0 Å². The molecule has 1 heterocycles. The Kier molecular flexibility index (Phi) is 5.12. The van der Waals surface area contributed by atoms with Gasteiger partial charge >= 0.3 is 0 Å². The van der Waals surface area contributed by atoms with Crippen LogP contribution in [0.2, 0.25) is 0 Å². The predicted octanol–water partition coefficient (Wildman–Crippen LogP) is 1.14. The van der Waals surface area contributed by atoms with Crippen LogP contribution in [0.1, 0.15) is 30.1 Å². The van der Waals surface area contributed by atoms with E-state index in [1.54, 1.807) is 24.3 Å². The maximum Gasteiger partial charge on any atom is 0.258 e. The quantitative estimate of drug-likeness (QED) is 0.791. The molecule has 20 heavy (non-hydrogen) atoms. The van der Waals surface area contributed by atoms with Crippen LogP contribution < -0.4 is 15.4 Å². The second-order valence-electron chi connectivity index (χ2n) is 4.98. The summed E-state index contributed by atoms with van der Waals surface area (Å²) in [7, 11) is 0. The zero-order chi connectivity index (χ0) is 14.4. The van der Waals surface area contributed by atoms with Gasteiger partial charge in [0.2, 0.25) is 0 Å². The lowest BCUT2D eigenvalue weighted by molar-refractivity contribution is -0.123. The molecule has 108 valence electrons. The largest absolute Gasteiger partial charge is 0.484 e. The maximum absolute atomic E-state index is 11.8. The van der Waals surface area contributed by atoms with Crippen molar-refractivity contribution < 1.29 is 14.3 Å². The molecule has 0 radical (unpaired) electrons. The Labute approximate surface area is 118 Å². The SMILES string of the molecule is CC(=O)c1cccc(OCC(=O)NC2CCCNC2)c1. The van der Waals surface area contributed by atoms with Gasteiger partial charge in [0.25, 0.3) is 5.91 Å². The van der Waals surface area contributed by atoms with Crippen LogP contribution in [0.25, 0.3) is 0 Å². The lowest BCUT2D eigenvalue weighted by Gasteiger charge is -2.23. The summed E-state index contributed by atoms with van der Waals surface area (Å²) in [6, 6.07) is 7.04. The van der Waals surface area contributed by atoms with Gasteiger partial charge in [-0.1, -0.05) is 12.1 Å². The van der Waals surface area contributed by atoms with Gasteiger partial charge in [-0.05, 0) is 38.4 Å². The Morgan fingerprint density at radius 3 is 3.00 bits per heavy atom. The summed E-state index contributed by atoms with van der Waals surface area (Å²) in [6.07, 6.45) is 2.07. The van der Waals surface area contributed by atoms with Gasteiger partial charge in [0.1, 0.15) is 5.75 Å². The number of ketones is 1. The number of benzene rings is 1. The third kappa shape index (κ3) is 4.35. The van der Waals surface area contributed by atoms with Gasteiger partial charge in [-0.25, -0.2) is 0 Å². The summed E-state index contributed by atoms with van der Waals surface area (Å²) >= 11 is 0. The summed E-state index contributed by atoms with van der Waals surface area (Å²) in [5.41, 5.74) is 0.583.